The summed E-state index contributed by atoms with van der Waals surface area (Å²) < 4.78 is 16.8. The Labute approximate surface area is 391 Å². The monoisotopic (exact) mass is 885 g/mol. The van der Waals surface area contributed by atoms with Crippen molar-refractivity contribution in [3.63, 3.8) is 0 Å². The fraction of sp³-hybridized carbons (Fsp3) is 0.842. The second kappa shape index (κ2) is 52.3. The second-order valence-corrected chi connectivity index (χ2v) is 18.5. The number of allylic oxidation sites excluding steroid dienone is 6. The Hall–Kier alpha value is -2.37. The lowest BCUT2D eigenvalue weighted by atomic mass is 10.0. The molecule has 0 heterocycles. The van der Waals surface area contributed by atoms with Gasteiger partial charge in [-0.05, 0) is 70.6 Å². The van der Waals surface area contributed by atoms with E-state index in [1.165, 1.54) is 161 Å². The van der Waals surface area contributed by atoms with Crippen LogP contribution in [0.5, 0.6) is 0 Å². The molecule has 0 aromatic heterocycles. The third-order valence-corrected chi connectivity index (χ3v) is 12.1. The van der Waals surface area contributed by atoms with E-state index in [2.05, 4.69) is 57.2 Å². The lowest BCUT2D eigenvalue weighted by Crippen LogP contribution is -2.30. The zero-order chi connectivity index (χ0) is 45.8. The maximum atomic E-state index is 12.8. The largest absolute Gasteiger partial charge is 0.462 e. The van der Waals surface area contributed by atoms with E-state index in [0.29, 0.717) is 19.3 Å². The van der Waals surface area contributed by atoms with Crippen LogP contribution < -0.4 is 0 Å². The summed E-state index contributed by atoms with van der Waals surface area (Å²) >= 11 is 0. The number of carbonyl (C=O) groups is 3. The van der Waals surface area contributed by atoms with E-state index in [4.69, 9.17) is 14.2 Å². The lowest BCUT2D eigenvalue weighted by molar-refractivity contribution is -0.167. The number of carbonyl (C=O) groups excluding carboxylic acids is 3. The van der Waals surface area contributed by atoms with Crippen LogP contribution in [0, 0.1) is 0 Å². The van der Waals surface area contributed by atoms with E-state index < -0.39 is 6.10 Å². The third kappa shape index (κ3) is 50.5. The second-order valence-electron chi connectivity index (χ2n) is 18.5. The number of unbranched alkanes of at least 4 members (excludes halogenated alkanes) is 33. The van der Waals surface area contributed by atoms with Crippen LogP contribution in [0.1, 0.15) is 290 Å². The number of ether oxygens (including phenoxy) is 3. The Balaban J connectivity index is 4.32. The average Bonchev–Trinajstić information content (AvgIpc) is 3.28. The zero-order valence-electron chi connectivity index (χ0n) is 42.1. The summed E-state index contributed by atoms with van der Waals surface area (Å²) in [6.45, 7) is 6.58. The van der Waals surface area contributed by atoms with Gasteiger partial charge >= 0.3 is 17.9 Å². The molecule has 0 amide bonds. The SMILES string of the molecule is CCC/C=C\C/C=C\CCCCCCCC(=O)OC(COC(=O)CCCCCCCCCCC/C=C\CCCCCCCC)COC(=O)CCCCCCCCCCCCCCC. The Bertz CT molecular complexity index is 1060. The van der Waals surface area contributed by atoms with E-state index in [1.54, 1.807) is 0 Å². The third-order valence-electron chi connectivity index (χ3n) is 12.1. The molecule has 6 nitrogen and oxygen atoms in total. The van der Waals surface area contributed by atoms with Crippen LogP contribution in [0.4, 0.5) is 0 Å². The minimum absolute atomic E-state index is 0.0752. The molecule has 0 N–H and O–H groups in total. The van der Waals surface area contributed by atoms with Gasteiger partial charge in [0.05, 0.1) is 0 Å². The van der Waals surface area contributed by atoms with Crippen molar-refractivity contribution < 1.29 is 28.6 Å². The van der Waals surface area contributed by atoms with Crippen molar-refractivity contribution in [1.82, 2.24) is 0 Å². The summed E-state index contributed by atoms with van der Waals surface area (Å²) in [6.07, 6.45) is 61.3. The molecule has 0 saturated heterocycles. The summed E-state index contributed by atoms with van der Waals surface area (Å²) in [5.74, 6) is -0.879. The molecule has 1 atom stereocenters. The highest BCUT2D eigenvalue weighted by molar-refractivity contribution is 5.71. The molecule has 0 radical (unpaired) electrons. The van der Waals surface area contributed by atoms with Crippen molar-refractivity contribution >= 4 is 17.9 Å². The topological polar surface area (TPSA) is 78.9 Å². The molecule has 0 aromatic rings. The van der Waals surface area contributed by atoms with E-state index in [0.717, 1.165) is 89.9 Å². The Morgan fingerprint density at radius 2 is 0.603 bits per heavy atom. The van der Waals surface area contributed by atoms with Crippen molar-refractivity contribution in [2.24, 2.45) is 0 Å². The highest BCUT2D eigenvalue weighted by Crippen LogP contribution is 2.16. The number of hydrogen-bond acceptors (Lipinski definition) is 6. The molecule has 0 saturated carbocycles. The molecule has 0 rings (SSSR count). The van der Waals surface area contributed by atoms with Gasteiger partial charge < -0.3 is 14.2 Å². The molecule has 1 unspecified atom stereocenters. The Kier molecular flexibility index (Phi) is 50.3. The van der Waals surface area contributed by atoms with Gasteiger partial charge in [-0.15, -0.1) is 0 Å². The fourth-order valence-corrected chi connectivity index (χ4v) is 7.95. The van der Waals surface area contributed by atoms with E-state index in [1.807, 2.05) is 0 Å². The summed E-state index contributed by atoms with van der Waals surface area (Å²) in [7, 11) is 0. The van der Waals surface area contributed by atoms with Crippen molar-refractivity contribution in [1.29, 1.82) is 0 Å². The molecule has 368 valence electrons. The molecule has 0 spiro atoms. The molecule has 0 aliphatic heterocycles. The standard InChI is InChI=1S/C57H104O6/c1-4-7-10-13-16-19-22-25-26-27-28-29-30-33-35-38-41-44-47-50-56(59)62-53-54(63-57(60)51-48-45-42-39-36-32-24-21-18-15-12-9-6-3)52-61-55(58)49-46-43-40-37-34-31-23-20-17-14-11-8-5-2/h12,15,21,24-26,54H,4-11,13-14,16-20,22-23,27-53H2,1-3H3/b15-12-,24-21-,26-25-. The first-order valence-corrected chi connectivity index (χ1v) is 27.5. The van der Waals surface area contributed by atoms with Crippen molar-refractivity contribution in [3.8, 4) is 0 Å². The highest BCUT2D eigenvalue weighted by atomic mass is 16.6. The first-order valence-electron chi connectivity index (χ1n) is 27.5. The molecular formula is C57H104O6. The van der Waals surface area contributed by atoms with E-state index >= 15 is 0 Å². The van der Waals surface area contributed by atoms with Gasteiger partial charge in [-0.3, -0.25) is 14.4 Å². The lowest BCUT2D eigenvalue weighted by Gasteiger charge is -2.18. The van der Waals surface area contributed by atoms with Crippen LogP contribution in [0.2, 0.25) is 0 Å². The zero-order valence-corrected chi connectivity index (χ0v) is 42.1. The van der Waals surface area contributed by atoms with E-state index in [9.17, 15) is 14.4 Å². The van der Waals surface area contributed by atoms with Gasteiger partial charge in [0.2, 0.25) is 0 Å². The van der Waals surface area contributed by atoms with Crippen LogP contribution in [-0.2, 0) is 28.6 Å². The number of rotatable bonds is 50. The predicted molar refractivity (Wildman–Crippen MR) is 270 cm³/mol. The first-order chi connectivity index (χ1) is 31.0. The number of hydrogen-bond donors (Lipinski definition) is 0. The van der Waals surface area contributed by atoms with Crippen LogP contribution in [0.25, 0.3) is 0 Å². The van der Waals surface area contributed by atoms with Gasteiger partial charge in [0.15, 0.2) is 6.10 Å². The normalized spacial score (nSPS) is 12.2. The van der Waals surface area contributed by atoms with Gasteiger partial charge in [-0.2, -0.15) is 0 Å². The maximum Gasteiger partial charge on any atom is 0.306 e. The molecule has 0 aliphatic rings. The quantitative estimate of drug-likeness (QED) is 0.0262. The van der Waals surface area contributed by atoms with Crippen molar-refractivity contribution in [2.45, 2.75) is 297 Å². The molecular weight excluding hydrogens is 781 g/mol. The van der Waals surface area contributed by atoms with Crippen LogP contribution >= 0.6 is 0 Å². The summed E-state index contributed by atoms with van der Waals surface area (Å²) in [5.41, 5.74) is 0. The predicted octanol–water partition coefficient (Wildman–Crippen LogP) is 18.1. The van der Waals surface area contributed by atoms with Crippen LogP contribution in [0.15, 0.2) is 36.5 Å². The fourth-order valence-electron chi connectivity index (χ4n) is 7.95. The summed E-state index contributed by atoms with van der Waals surface area (Å²) in [5, 5.41) is 0. The maximum absolute atomic E-state index is 12.8. The molecule has 63 heavy (non-hydrogen) atoms. The first kappa shape index (κ1) is 60.6. The van der Waals surface area contributed by atoms with Gasteiger partial charge in [0, 0.05) is 19.3 Å². The summed E-state index contributed by atoms with van der Waals surface area (Å²) in [6, 6.07) is 0. The molecule has 0 bridgehead atoms. The summed E-state index contributed by atoms with van der Waals surface area (Å²) in [4.78, 5) is 38.0. The van der Waals surface area contributed by atoms with E-state index in [-0.39, 0.29) is 31.1 Å². The van der Waals surface area contributed by atoms with Crippen molar-refractivity contribution in [3.05, 3.63) is 36.5 Å². The molecule has 0 fully saturated rings. The number of esters is 3. The molecule has 6 heteroatoms. The van der Waals surface area contributed by atoms with Crippen LogP contribution in [-0.4, -0.2) is 37.2 Å². The highest BCUT2D eigenvalue weighted by Gasteiger charge is 2.19. The average molecular weight is 885 g/mol. The Morgan fingerprint density at radius 1 is 0.317 bits per heavy atom. The van der Waals surface area contributed by atoms with Crippen molar-refractivity contribution in [2.75, 3.05) is 13.2 Å². The minimum atomic E-state index is -0.776. The van der Waals surface area contributed by atoms with Crippen LogP contribution in [0.3, 0.4) is 0 Å². The van der Waals surface area contributed by atoms with Gasteiger partial charge in [-0.25, -0.2) is 0 Å². The minimum Gasteiger partial charge on any atom is -0.462 e. The van der Waals surface area contributed by atoms with Gasteiger partial charge in [-0.1, -0.05) is 237 Å². The smallest absolute Gasteiger partial charge is 0.306 e. The van der Waals surface area contributed by atoms with Gasteiger partial charge in [0.25, 0.3) is 0 Å². The van der Waals surface area contributed by atoms with Gasteiger partial charge in [0.1, 0.15) is 13.2 Å². The Morgan fingerprint density at radius 3 is 0.952 bits per heavy atom. The molecule has 0 aliphatic carbocycles. The molecule has 0 aromatic carbocycles.